The number of thioether (sulfide) groups is 1. The Morgan fingerprint density at radius 3 is 2.62 bits per heavy atom. The highest BCUT2D eigenvalue weighted by atomic mass is 32.2. The maximum atomic E-state index is 12.2. The first-order valence-electron chi connectivity index (χ1n) is 8.18. The van der Waals surface area contributed by atoms with Crippen LogP contribution in [0.15, 0.2) is 59.6 Å². The summed E-state index contributed by atoms with van der Waals surface area (Å²) in [4.78, 5) is 28.2. The van der Waals surface area contributed by atoms with Gasteiger partial charge in [-0.3, -0.25) is 20.4 Å². The van der Waals surface area contributed by atoms with Crippen LogP contribution < -0.4 is 15.6 Å². The predicted molar refractivity (Wildman–Crippen MR) is 102 cm³/mol. The van der Waals surface area contributed by atoms with Gasteiger partial charge in [0.1, 0.15) is 5.75 Å². The number of nitrogens with one attached hydrogen (secondary N) is 3. The fraction of sp³-hybridized carbons (Fsp3) is 0.158. The highest BCUT2D eigenvalue weighted by Gasteiger charge is 2.12. The summed E-state index contributed by atoms with van der Waals surface area (Å²) in [5, 5.41) is 0.808. The lowest BCUT2D eigenvalue weighted by Crippen LogP contribution is -2.42. The van der Waals surface area contributed by atoms with Gasteiger partial charge >= 0.3 is 0 Å². The summed E-state index contributed by atoms with van der Waals surface area (Å²) in [7, 11) is 0. The van der Waals surface area contributed by atoms with Gasteiger partial charge in [-0.05, 0) is 37.3 Å². The Bertz CT molecular complexity index is 906. The molecule has 0 aliphatic rings. The summed E-state index contributed by atoms with van der Waals surface area (Å²) < 4.78 is 5.38. The van der Waals surface area contributed by atoms with Crippen molar-refractivity contribution >= 4 is 34.5 Å². The number of aromatic amines is 1. The fourth-order valence-corrected chi connectivity index (χ4v) is 3.14. The number of carbonyl (C=O) groups excluding carboxylic acids is 2. The Morgan fingerprint density at radius 2 is 1.85 bits per heavy atom. The number of amides is 2. The number of benzene rings is 2. The number of ether oxygens (including phenoxy) is 1. The summed E-state index contributed by atoms with van der Waals surface area (Å²) in [6.07, 6.45) is 1.63. The molecule has 2 aromatic carbocycles. The van der Waals surface area contributed by atoms with Gasteiger partial charge in [-0.1, -0.05) is 18.2 Å². The van der Waals surface area contributed by atoms with E-state index in [0.717, 1.165) is 21.5 Å². The van der Waals surface area contributed by atoms with Crippen molar-refractivity contribution < 1.29 is 14.3 Å². The summed E-state index contributed by atoms with van der Waals surface area (Å²) in [6.45, 7) is 2.54. The molecular formula is C19H19N3O3S. The number of carbonyl (C=O) groups is 2. The third kappa shape index (κ3) is 4.37. The van der Waals surface area contributed by atoms with Crippen LogP contribution in [0.4, 0.5) is 0 Å². The second kappa shape index (κ2) is 8.44. The summed E-state index contributed by atoms with van der Waals surface area (Å²) in [5.74, 6) is 0.355. The van der Waals surface area contributed by atoms with E-state index in [4.69, 9.17) is 4.74 Å². The average Bonchev–Trinajstić information content (AvgIpc) is 3.10. The normalized spacial score (nSPS) is 10.5. The van der Waals surface area contributed by atoms with Gasteiger partial charge in [-0.15, -0.1) is 11.8 Å². The zero-order valence-electron chi connectivity index (χ0n) is 14.2. The molecular weight excluding hydrogens is 350 g/mol. The van der Waals surface area contributed by atoms with Crippen LogP contribution >= 0.6 is 11.8 Å². The van der Waals surface area contributed by atoms with E-state index in [-0.39, 0.29) is 17.6 Å². The molecule has 2 amide bonds. The maximum absolute atomic E-state index is 12.2. The molecule has 3 aromatic rings. The third-order valence-corrected chi connectivity index (χ3v) is 4.67. The van der Waals surface area contributed by atoms with Crippen molar-refractivity contribution in [3.05, 3.63) is 60.3 Å². The molecule has 0 fully saturated rings. The molecule has 0 bridgehead atoms. The van der Waals surface area contributed by atoms with Gasteiger partial charge in [0.25, 0.3) is 5.91 Å². The average molecular weight is 369 g/mol. The first kappa shape index (κ1) is 17.9. The molecule has 0 radical (unpaired) electrons. The zero-order valence-corrected chi connectivity index (χ0v) is 15.1. The zero-order chi connectivity index (χ0) is 18.4. The van der Waals surface area contributed by atoms with Crippen molar-refractivity contribution in [2.75, 3.05) is 12.4 Å². The van der Waals surface area contributed by atoms with E-state index in [1.165, 1.54) is 11.8 Å². The Labute approximate surface area is 155 Å². The van der Waals surface area contributed by atoms with Crippen molar-refractivity contribution in [3.8, 4) is 5.75 Å². The van der Waals surface area contributed by atoms with Gasteiger partial charge in [-0.25, -0.2) is 0 Å². The topological polar surface area (TPSA) is 83.2 Å². The lowest BCUT2D eigenvalue weighted by atomic mass is 10.2. The number of hydrogen-bond donors (Lipinski definition) is 3. The Kier molecular flexibility index (Phi) is 5.80. The van der Waals surface area contributed by atoms with E-state index in [9.17, 15) is 9.59 Å². The van der Waals surface area contributed by atoms with E-state index >= 15 is 0 Å². The van der Waals surface area contributed by atoms with Crippen LogP contribution in [-0.4, -0.2) is 29.2 Å². The molecule has 7 heteroatoms. The van der Waals surface area contributed by atoms with Gasteiger partial charge < -0.3 is 9.72 Å². The molecule has 0 unspecified atom stereocenters. The van der Waals surface area contributed by atoms with Gasteiger partial charge in [0, 0.05) is 22.0 Å². The Morgan fingerprint density at radius 1 is 1.08 bits per heavy atom. The highest BCUT2D eigenvalue weighted by molar-refractivity contribution is 8.00. The number of hydrazine groups is 1. The van der Waals surface area contributed by atoms with E-state index in [1.807, 2.05) is 55.5 Å². The van der Waals surface area contributed by atoms with Crippen molar-refractivity contribution in [1.82, 2.24) is 15.8 Å². The molecule has 0 spiro atoms. The van der Waals surface area contributed by atoms with Crippen LogP contribution in [0.5, 0.6) is 5.75 Å². The molecule has 0 saturated carbocycles. The van der Waals surface area contributed by atoms with E-state index in [0.29, 0.717) is 12.2 Å². The highest BCUT2D eigenvalue weighted by Crippen LogP contribution is 2.21. The lowest BCUT2D eigenvalue weighted by Gasteiger charge is -2.07. The molecule has 0 aliphatic heterocycles. The second-order valence-corrected chi connectivity index (χ2v) is 6.49. The van der Waals surface area contributed by atoms with E-state index in [1.54, 1.807) is 6.20 Å². The molecule has 1 aromatic heterocycles. The van der Waals surface area contributed by atoms with Crippen LogP contribution in [0.1, 0.15) is 17.3 Å². The molecule has 26 heavy (non-hydrogen) atoms. The lowest BCUT2D eigenvalue weighted by molar-refractivity contribution is -0.119. The number of rotatable bonds is 6. The van der Waals surface area contributed by atoms with Crippen LogP contribution in [0.2, 0.25) is 0 Å². The molecule has 6 nitrogen and oxygen atoms in total. The number of aromatic nitrogens is 1. The van der Waals surface area contributed by atoms with E-state index in [2.05, 4.69) is 15.8 Å². The Balaban J connectivity index is 1.48. The first-order valence-corrected chi connectivity index (χ1v) is 9.17. The van der Waals surface area contributed by atoms with Crippen LogP contribution in [0.25, 0.3) is 10.9 Å². The molecule has 134 valence electrons. The minimum atomic E-state index is -0.359. The molecule has 0 atom stereocenters. The van der Waals surface area contributed by atoms with Gasteiger partial charge in [0.2, 0.25) is 5.91 Å². The first-order chi connectivity index (χ1) is 12.7. The smallest absolute Gasteiger partial charge is 0.271 e. The molecule has 0 aliphatic carbocycles. The second-order valence-electron chi connectivity index (χ2n) is 5.44. The monoisotopic (exact) mass is 369 g/mol. The standard InChI is InChI=1S/C19H19N3O3S/c1-2-25-13-7-9-14(10-8-13)26-12-18(23)21-22-19(24)16-11-20-17-6-4-3-5-15(16)17/h3-11,20H,2,12H2,1H3,(H,21,23)(H,22,24). The van der Waals surface area contributed by atoms with Crippen LogP contribution in [0, 0.1) is 0 Å². The SMILES string of the molecule is CCOc1ccc(SCC(=O)NNC(=O)c2c[nH]c3ccccc23)cc1. The predicted octanol–water partition coefficient (Wildman–Crippen LogP) is 3.12. The molecule has 0 saturated heterocycles. The molecule has 3 rings (SSSR count). The summed E-state index contributed by atoms with van der Waals surface area (Å²) in [5.41, 5.74) is 6.24. The maximum Gasteiger partial charge on any atom is 0.271 e. The largest absolute Gasteiger partial charge is 0.494 e. The van der Waals surface area contributed by atoms with Crippen molar-refractivity contribution in [2.45, 2.75) is 11.8 Å². The molecule has 3 N–H and O–H groups in total. The minimum absolute atomic E-state index is 0.197. The van der Waals surface area contributed by atoms with Gasteiger partial charge in [-0.2, -0.15) is 0 Å². The number of H-pyrrole nitrogens is 1. The van der Waals surface area contributed by atoms with Crippen molar-refractivity contribution in [3.63, 3.8) is 0 Å². The molecule has 1 heterocycles. The quantitative estimate of drug-likeness (QED) is 0.460. The number of fused-ring (bicyclic) bond motifs is 1. The third-order valence-electron chi connectivity index (χ3n) is 3.65. The Hall–Kier alpha value is -2.93. The number of hydrogen-bond acceptors (Lipinski definition) is 4. The van der Waals surface area contributed by atoms with Crippen LogP contribution in [0.3, 0.4) is 0 Å². The van der Waals surface area contributed by atoms with Crippen molar-refractivity contribution in [2.24, 2.45) is 0 Å². The van der Waals surface area contributed by atoms with Crippen molar-refractivity contribution in [1.29, 1.82) is 0 Å². The van der Waals surface area contributed by atoms with Crippen LogP contribution in [-0.2, 0) is 4.79 Å². The fourth-order valence-electron chi connectivity index (χ4n) is 2.44. The number of para-hydroxylation sites is 1. The van der Waals surface area contributed by atoms with Gasteiger partial charge in [0.15, 0.2) is 0 Å². The summed E-state index contributed by atoms with van der Waals surface area (Å²) in [6, 6.07) is 15.0. The van der Waals surface area contributed by atoms with E-state index < -0.39 is 0 Å². The van der Waals surface area contributed by atoms with Gasteiger partial charge in [0.05, 0.1) is 17.9 Å². The summed E-state index contributed by atoms with van der Waals surface area (Å²) >= 11 is 1.38. The minimum Gasteiger partial charge on any atom is -0.494 e.